The second kappa shape index (κ2) is 9.59. The van der Waals surface area contributed by atoms with Crippen LogP contribution in [0.1, 0.15) is 81.3 Å². The maximum atomic E-state index is 8.94. The second-order valence-electron chi connectivity index (χ2n) is 8.24. The fourth-order valence-electron chi connectivity index (χ4n) is 5.17. The van der Waals surface area contributed by atoms with Gasteiger partial charge in [-0.3, -0.25) is 0 Å². The average molecular weight is 347 g/mol. The largest absolute Gasteiger partial charge is 0.193 e. The van der Waals surface area contributed by atoms with Crippen molar-refractivity contribution in [3.8, 4) is 12.1 Å². The van der Waals surface area contributed by atoms with Crippen LogP contribution >= 0.6 is 0 Å². The lowest BCUT2D eigenvalue weighted by Gasteiger charge is -2.38. The van der Waals surface area contributed by atoms with Gasteiger partial charge in [-0.25, -0.2) is 0 Å². The van der Waals surface area contributed by atoms with E-state index in [1.54, 1.807) is 6.08 Å². The van der Waals surface area contributed by atoms with E-state index < -0.39 is 0 Å². The van der Waals surface area contributed by atoms with Crippen molar-refractivity contribution < 1.29 is 0 Å². The van der Waals surface area contributed by atoms with Gasteiger partial charge in [0, 0.05) is 6.08 Å². The Labute approximate surface area is 158 Å². The lowest BCUT2D eigenvalue weighted by Crippen LogP contribution is -2.25. The van der Waals surface area contributed by atoms with Crippen LogP contribution in [0.25, 0.3) is 0 Å². The first-order chi connectivity index (χ1) is 12.8. The van der Waals surface area contributed by atoms with Crippen molar-refractivity contribution in [1.82, 2.24) is 0 Å². The van der Waals surface area contributed by atoms with E-state index in [4.69, 9.17) is 10.5 Å². The van der Waals surface area contributed by atoms with Crippen LogP contribution in [0.5, 0.6) is 0 Å². The van der Waals surface area contributed by atoms with E-state index in [0.29, 0.717) is 5.92 Å². The standard InChI is InChI=1S/C24H30N2/c25-17-3-1-2-4-19-5-9-21(10-6-19)23-13-15-24(16-14-23)22-11-7-20(18-26)8-12-22/h1,3,7-8,11-12,19,21,23-24H,2,4-6,9-10,13-16H2. The summed E-state index contributed by atoms with van der Waals surface area (Å²) >= 11 is 0. The van der Waals surface area contributed by atoms with Gasteiger partial charge in [-0.05, 0) is 92.7 Å². The highest BCUT2D eigenvalue weighted by molar-refractivity contribution is 5.33. The van der Waals surface area contributed by atoms with Gasteiger partial charge in [-0.2, -0.15) is 10.5 Å². The summed E-state index contributed by atoms with van der Waals surface area (Å²) in [6, 6.07) is 12.6. The van der Waals surface area contributed by atoms with E-state index in [-0.39, 0.29) is 0 Å². The Morgan fingerprint density at radius 1 is 0.846 bits per heavy atom. The zero-order valence-corrected chi connectivity index (χ0v) is 15.7. The average Bonchev–Trinajstić information content (AvgIpc) is 2.72. The summed E-state index contributed by atoms with van der Waals surface area (Å²) in [4.78, 5) is 0. The van der Waals surface area contributed by atoms with Gasteiger partial charge in [0.2, 0.25) is 0 Å². The predicted octanol–water partition coefficient (Wildman–Crippen LogP) is 6.50. The van der Waals surface area contributed by atoms with Crippen LogP contribution < -0.4 is 0 Å². The molecule has 0 unspecified atom stereocenters. The van der Waals surface area contributed by atoms with E-state index >= 15 is 0 Å². The highest BCUT2D eigenvalue weighted by atomic mass is 14.4. The molecule has 0 saturated heterocycles. The molecule has 2 aliphatic carbocycles. The maximum Gasteiger partial charge on any atom is 0.0991 e. The molecule has 2 saturated carbocycles. The third-order valence-corrected chi connectivity index (χ3v) is 6.78. The van der Waals surface area contributed by atoms with Gasteiger partial charge < -0.3 is 0 Å². The number of hydrogen-bond donors (Lipinski definition) is 0. The molecular weight excluding hydrogens is 316 g/mol. The topological polar surface area (TPSA) is 47.6 Å². The third kappa shape index (κ3) is 4.98. The molecular formula is C24H30N2. The summed E-state index contributed by atoms with van der Waals surface area (Å²) in [6.07, 6.45) is 17.0. The third-order valence-electron chi connectivity index (χ3n) is 6.78. The van der Waals surface area contributed by atoms with E-state index in [1.165, 1.54) is 63.4 Å². The number of benzene rings is 1. The van der Waals surface area contributed by atoms with Gasteiger partial charge >= 0.3 is 0 Å². The number of hydrogen-bond acceptors (Lipinski definition) is 2. The van der Waals surface area contributed by atoms with E-state index in [0.717, 1.165) is 29.7 Å². The monoisotopic (exact) mass is 346 g/mol. The molecule has 0 atom stereocenters. The molecule has 0 aromatic heterocycles. The van der Waals surface area contributed by atoms with Gasteiger partial charge in [-0.15, -0.1) is 0 Å². The van der Waals surface area contributed by atoms with Crippen LogP contribution in [0.4, 0.5) is 0 Å². The van der Waals surface area contributed by atoms with E-state index in [1.807, 2.05) is 18.2 Å². The summed E-state index contributed by atoms with van der Waals surface area (Å²) in [5.74, 6) is 3.46. The number of rotatable bonds is 5. The minimum absolute atomic E-state index is 0.697. The maximum absolute atomic E-state index is 8.94. The number of nitrogens with zero attached hydrogens (tertiary/aromatic N) is 2. The van der Waals surface area contributed by atoms with Crippen molar-refractivity contribution >= 4 is 0 Å². The van der Waals surface area contributed by atoms with Gasteiger partial charge in [0.25, 0.3) is 0 Å². The molecule has 0 aliphatic heterocycles. The van der Waals surface area contributed by atoms with Gasteiger partial charge in [-0.1, -0.05) is 31.1 Å². The van der Waals surface area contributed by atoms with Crippen molar-refractivity contribution in [1.29, 1.82) is 10.5 Å². The quantitative estimate of drug-likeness (QED) is 0.571. The fourth-order valence-corrected chi connectivity index (χ4v) is 5.17. The molecule has 1 aromatic carbocycles. The second-order valence-corrected chi connectivity index (χ2v) is 8.24. The van der Waals surface area contributed by atoms with Crippen LogP contribution in [0, 0.1) is 40.4 Å². The van der Waals surface area contributed by atoms with Gasteiger partial charge in [0.15, 0.2) is 0 Å². The lowest BCUT2D eigenvalue weighted by atomic mass is 9.68. The van der Waals surface area contributed by atoms with Crippen LogP contribution in [0.15, 0.2) is 36.4 Å². The van der Waals surface area contributed by atoms with Crippen molar-refractivity contribution in [3.63, 3.8) is 0 Å². The Morgan fingerprint density at radius 2 is 1.46 bits per heavy atom. The molecule has 2 aliphatic rings. The summed E-state index contributed by atoms with van der Waals surface area (Å²) in [6.45, 7) is 0. The summed E-state index contributed by atoms with van der Waals surface area (Å²) in [7, 11) is 0. The van der Waals surface area contributed by atoms with Crippen LogP contribution in [-0.4, -0.2) is 0 Å². The highest BCUT2D eigenvalue weighted by Gasteiger charge is 2.31. The molecule has 0 radical (unpaired) electrons. The van der Waals surface area contributed by atoms with Crippen molar-refractivity contribution in [2.45, 2.75) is 70.1 Å². The van der Waals surface area contributed by atoms with Gasteiger partial charge in [0.1, 0.15) is 0 Å². The van der Waals surface area contributed by atoms with Gasteiger partial charge in [0.05, 0.1) is 17.7 Å². The zero-order valence-electron chi connectivity index (χ0n) is 15.7. The van der Waals surface area contributed by atoms with Crippen LogP contribution in [0.3, 0.4) is 0 Å². The zero-order chi connectivity index (χ0) is 18.2. The first-order valence-corrected chi connectivity index (χ1v) is 10.3. The molecule has 0 amide bonds. The normalized spacial score (nSPS) is 29.2. The molecule has 0 N–H and O–H groups in total. The van der Waals surface area contributed by atoms with E-state index in [9.17, 15) is 0 Å². The molecule has 2 heteroatoms. The molecule has 26 heavy (non-hydrogen) atoms. The summed E-state index contributed by atoms with van der Waals surface area (Å²) < 4.78 is 0. The Kier molecular flexibility index (Phi) is 6.90. The first kappa shape index (κ1) is 18.7. The van der Waals surface area contributed by atoms with Crippen molar-refractivity contribution in [2.24, 2.45) is 17.8 Å². The van der Waals surface area contributed by atoms with E-state index in [2.05, 4.69) is 24.3 Å². The molecule has 1 aromatic rings. The summed E-state index contributed by atoms with van der Waals surface area (Å²) in [5, 5.41) is 17.5. The summed E-state index contributed by atoms with van der Waals surface area (Å²) in [5.41, 5.74) is 2.19. The SMILES string of the molecule is N#CC=CCCC1CCC(C2CCC(c3ccc(C#N)cc3)CC2)CC1. The molecule has 2 fully saturated rings. The fraction of sp³-hybridized carbons (Fsp3) is 0.583. The van der Waals surface area contributed by atoms with Crippen molar-refractivity contribution in [3.05, 3.63) is 47.5 Å². The minimum Gasteiger partial charge on any atom is -0.193 e. The Bertz CT molecular complexity index is 658. The lowest BCUT2D eigenvalue weighted by molar-refractivity contribution is 0.157. The molecule has 0 spiro atoms. The van der Waals surface area contributed by atoms with Crippen LogP contribution in [0.2, 0.25) is 0 Å². The highest BCUT2D eigenvalue weighted by Crippen LogP contribution is 2.44. The first-order valence-electron chi connectivity index (χ1n) is 10.3. The Balaban J connectivity index is 1.41. The van der Waals surface area contributed by atoms with Crippen molar-refractivity contribution in [2.75, 3.05) is 0 Å². The molecule has 0 heterocycles. The molecule has 0 bridgehead atoms. The molecule has 2 nitrogen and oxygen atoms in total. The minimum atomic E-state index is 0.697. The predicted molar refractivity (Wildman–Crippen MR) is 105 cm³/mol. The number of nitriles is 2. The smallest absolute Gasteiger partial charge is 0.0991 e. The van der Waals surface area contributed by atoms with Crippen LogP contribution in [-0.2, 0) is 0 Å². The Hall–Kier alpha value is -2.06. The molecule has 3 rings (SSSR count). The number of allylic oxidation sites excluding steroid dienone is 2. The Morgan fingerprint density at radius 3 is 2.04 bits per heavy atom. The molecule has 136 valence electrons.